The van der Waals surface area contributed by atoms with E-state index in [9.17, 15) is 4.79 Å². The van der Waals surface area contributed by atoms with Crippen LogP contribution < -0.4 is 16.4 Å². The maximum atomic E-state index is 11.9. The Labute approximate surface area is 125 Å². The summed E-state index contributed by atoms with van der Waals surface area (Å²) in [7, 11) is 0. The number of hydrogen-bond donors (Lipinski definition) is 4. The predicted molar refractivity (Wildman–Crippen MR) is 78.5 cm³/mol. The van der Waals surface area contributed by atoms with Crippen molar-refractivity contribution in [3.05, 3.63) is 28.2 Å². The van der Waals surface area contributed by atoms with Crippen molar-refractivity contribution in [3.8, 4) is 0 Å². The lowest BCUT2D eigenvalue weighted by molar-refractivity contribution is 0.249. The average Bonchev–Trinajstić information content (AvgIpc) is 3.17. The lowest BCUT2D eigenvalue weighted by Gasteiger charge is -2.17. The van der Waals surface area contributed by atoms with Crippen molar-refractivity contribution >= 4 is 40.8 Å². The van der Waals surface area contributed by atoms with E-state index in [2.05, 4.69) is 15.8 Å². The van der Waals surface area contributed by atoms with Gasteiger partial charge in [0.2, 0.25) is 0 Å². The minimum atomic E-state index is -0.477. The molecule has 20 heavy (non-hydrogen) atoms. The first-order chi connectivity index (χ1) is 9.49. The van der Waals surface area contributed by atoms with Gasteiger partial charge in [-0.05, 0) is 37.0 Å². The van der Waals surface area contributed by atoms with Crippen molar-refractivity contribution < 1.29 is 10.0 Å². The van der Waals surface area contributed by atoms with Gasteiger partial charge in [0.1, 0.15) is 0 Å². The molecule has 8 heteroatoms. The van der Waals surface area contributed by atoms with Crippen LogP contribution in [-0.4, -0.2) is 23.1 Å². The summed E-state index contributed by atoms with van der Waals surface area (Å²) >= 11 is 11.7. The van der Waals surface area contributed by atoms with Crippen molar-refractivity contribution in [2.45, 2.75) is 18.9 Å². The molecule has 0 spiro atoms. The monoisotopic (exact) mass is 316 g/mol. The Kier molecular flexibility index (Phi) is 4.57. The molecule has 0 bridgehead atoms. The molecule has 1 aromatic rings. The Morgan fingerprint density at radius 1 is 1.35 bits per heavy atom. The first kappa shape index (κ1) is 14.7. The second-order valence-electron chi connectivity index (χ2n) is 4.60. The average molecular weight is 317 g/mol. The summed E-state index contributed by atoms with van der Waals surface area (Å²) < 4.78 is 0. The van der Waals surface area contributed by atoms with Crippen LogP contribution in [0.5, 0.6) is 0 Å². The van der Waals surface area contributed by atoms with Gasteiger partial charge in [-0.3, -0.25) is 0 Å². The number of oxime groups is 1. The van der Waals surface area contributed by atoms with Gasteiger partial charge in [-0.2, -0.15) is 0 Å². The predicted octanol–water partition coefficient (Wildman–Crippen LogP) is 2.64. The number of carbonyl (C=O) groups excluding carboxylic acids is 1. The molecule has 1 aromatic carbocycles. The molecular weight excluding hydrogens is 303 g/mol. The fourth-order valence-corrected chi connectivity index (χ4v) is 2.39. The van der Waals surface area contributed by atoms with Crippen LogP contribution in [0, 0.1) is 5.92 Å². The van der Waals surface area contributed by atoms with E-state index >= 15 is 0 Å². The maximum absolute atomic E-state index is 11.9. The van der Waals surface area contributed by atoms with Crippen LogP contribution in [-0.2, 0) is 0 Å². The van der Waals surface area contributed by atoms with Gasteiger partial charge < -0.3 is 21.6 Å². The molecule has 1 unspecified atom stereocenters. The van der Waals surface area contributed by atoms with E-state index in [0.29, 0.717) is 15.7 Å². The van der Waals surface area contributed by atoms with Gasteiger partial charge in [0.25, 0.3) is 0 Å². The third-order valence-corrected chi connectivity index (χ3v) is 3.37. The van der Waals surface area contributed by atoms with Gasteiger partial charge in [-0.15, -0.1) is 0 Å². The summed E-state index contributed by atoms with van der Waals surface area (Å²) in [5.41, 5.74) is 6.03. The highest BCUT2D eigenvalue weighted by molar-refractivity contribution is 6.35. The third-order valence-electron chi connectivity index (χ3n) is 2.93. The first-order valence-corrected chi connectivity index (χ1v) is 6.76. The van der Waals surface area contributed by atoms with Crippen molar-refractivity contribution in [2.75, 3.05) is 5.32 Å². The molecule has 0 aliphatic heterocycles. The number of halogens is 2. The topological polar surface area (TPSA) is 99.7 Å². The zero-order valence-electron chi connectivity index (χ0n) is 10.4. The van der Waals surface area contributed by atoms with Crippen LogP contribution in [0.15, 0.2) is 23.4 Å². The molecule has 2 rings (SSSR count). The first-order valence-electron chi connectivity index (χ1n) is 6.00. The zero-order chi connectivity index (χ0) is 14.7. The SMILES string of the molecule is N/C(=N/O)C(NC(=O)Nc1cc(Cl)cc(Cl)c1)C1CC1. The number of amidine groups is 1. The zero-order valence-corrected chi connectivity index (χ0v) is 11.9. The van der Waals surface area contributed by atoms with E-state index in [-0.39, 0.29) is 11.8 Å². The van der Waals surface area contributed by atoms with E-state index in [0.717, 1.165) is 12.8 Å². The summed E-state index contributed by atoms with van der Waals surface area (Å²) in [4.78, 5) is 11.9. The molecule has 1 fully saturated rings. The number of benzene rings is 1. The third kappa shape index (κ3) is 3.91. The van der Waals surface area contributed by atoms with Gasteiger partial charge in [0, 0.05) is 15.7 Å². The van der Waals surface area contributed by atoms with Crippen LogP contribution in [0.4, 0.5) is 10.5 Å². The van der Waals surface area contributed by atoms with E-state index in [1.165, 1.54) is 0 Å². The van der Waals surface area contributed by atoms with Crippen molar-refractivity contribution in [2.24, 2.45) is 16.8 Å². The Morgan fingerprint density at radius 2 is 1.95 bits per heavy atom. The summed E-state index contributed by atoms with van der Waals surface area (Å²) in [5.74, 6) is 0.200. The van der Waals surface area contributed by atoms with Crippen molar-refractivity contribution in [3.63, 3.8) is 0 Å². The lowest BCUT2D eigenvalue weighted by atomic mass is 10.2. The number of anilines is 1. The molecule has 5 N–H and O–H groups in total. The summed E-state index contributed by atoms with van der Waals surface area (Å²) in [5, 5.41) is 17.8. The largest absolute Gasteiger partial charge is 0.409 e. The van der Waals surface area contributed by atoms with Crippen LogP contribution in [0.1, 0.15) is 12.8 Å². The smallest absolute Gasteiger partial charge is 0.319 e. The number of nitrogens with two attached hydrogens (primary N) is 1. The van der Waals surface area contributed by atoms with Crippen molar-refractivity contribution in [1.29, 1.82) is 0 Å². The number of nitrogens with one attached hydrogen (secondary N) is 2. The second kappa shape index (κ2) is 6.19. The number of urea groups is 1. The van der Waals surface area contributed by atoms with Crippen LogP contribution >= 0.6 is 23.2 Å². The van der Waals surface area contributed by atoms with Crippen molar-refractivity contribution in [1.82, 2.24) is 5.32 Å². The lowest BCUT2D eigenvalue weighted by Crippen LogP contribution is -2.47. The standard InChI is InChI=1S/C12H14Cl2N4O2/c13-7-3-8(14)5-9(4-7)16-12(19)17-10(6-1-2-6)11(15)18-20/h3-6,10,20H,1-2H2,(H2,15,18)(H2,16,17,19). The Bertz CT molecular complexity index is 526. The highest BCUT2D eigenvalue weighted by Gasteiger charge is 2.35. The van der Waals surface area contributed by atoms with Crippen LogP contribution in [0.25, 0.3) is 0 Å². The van der Waals surface area contributed by atoms with Crippen LogP contribution in [0.2, 0.25) is 10.0 Å². The van der Waals surface area contributed by atoms with Gasteiger partial charge in [-0.25, -0.2) is 4.79 Å². The van der Waals surface area contributed by atoms with E-state index in [1.54, 1.807) is 18.2 Å². The molecule has 6 nitrogen and oxygen atoms in total. The highest BCUT2D eigenvalue weighted by atomic mass is 35.5. The maximum Gasteiger partial charge on any atom is 0.319 e. The molecule has 0 radical (unpaired) electrons. The molecule has 0 aromatic heterocycles. The van der Waals surface area contributed by atoms with Gasteiger partial charge >= 0.3 is 6.03 Å². The second-order valence-corrected chi connectivity index (χ2v) is 5.47. The van der Waals surface area contributed by atoms with Gasteiger partial charge in [0.15, 0.2) is 5.84 Å². The number of amides is 2. The fourth-order valence-electron chi connectivity index (χ4n) is 1.86. The minimum Gasteiger partial charge on any atom is -0.409 e. The Morgan fingerprint density at radius 3 is 2.45 bits per heavy atom. The van der Waals surface area contributed by atoms with Gasteiger partial charge in [-0.1, -0.05) is 28.4 Å². The van der Waals surface area contributed by atoms with E-state index in [1.807, 2.05) is 0 Å². The van der Waals surface area contributed by atoms with E-state index < -0.39 is 12.1 Å². The summed E-state index contributed by atoms with van der Waals surface area (Å²) in [6.07, 6.45) is 1.87. The Hall–Kier alpha value is -1.66. The molecule has 1 aliphatic carbocycles. The molecule has 1 aliphatic rings. The molecule has 1 atom stereocenters. The fraction of sp³-hybridized carbons (Fsp3) is 0.333. The quantitative estimate of drug-likeness (QED) is 0.297. The molecule has 0 heterocycles. The van der Waals surface area contributed by atoms with Crippen LogP contribution in [0.3, 0.4) is 0 Å². The van der Waals surface area contributed by atoms with Gasteiger partial charge in [0.05, 0.1) is 6.04 Å². The molecule has 2 amide bonds. The molecule has 1 saturated carbocycles. The summed E-state index contributed by atoms with van der Waals surface area (Å²) in [6.45, 7) is 0. The van der Waals surface area contributed by atoms with E-state index in [4.69, 9.17) is 34.1 Å². The molecule has 108 valence electrons. The number of nitrogens with zero attached hydrogens (tertiary/aromatic N) is 1. The Balaban J connectivity index is 2.00. The molecule has 0 saturated heterocycles. The molecular formula is C12H14Cl2N4O2. The summed E-state index contributed by atoms with van der Waals surface area (Å²) in [6, 6.07) is 3.77. The number of carbonyl (C=O) groups is 1. The highest BCUT2D eigenvalue weighted by Crippen LogP contribution is 2.32. The number of rotatable bonds is 4. The number of hydrogen-bond acceptors (Lipinski definition) is 3. The normalized spacial score (nSPS) is 16.6. The minimum absolute atomic E-state index is 0.00761.